The van der Waals surface area contributed by atoms with Crippen molar-refractivity contribution in [2.24, 2.45) is 0 Å². The number of thioether (sulfide) groups is 1. The fourth-order valence-corrected chi connectivity index (χ4v) is 3.61. The molecule has 0 heterocycles. The van der Waals surface area contributed by atoms with Gasteiger partial charge in [0.1, 0.15) is 5.69 Å². The molecule has 1 aliphatic carbocycles. The molecule has 1 aromatic rings. The molecule has 0 spiro atoms. The molecule has 0 bridgehead atoms. The van der Waals surface area contributed by atoms with E-state index in [1.54, 1.807) is 11.8 Å². The van der Waals surface area contributed by atoms with Crippen molar-refractivity contribution in [1.29, 1.82) is 0 Å². The summed E-state index contributed by atoms with van der Waals surface area (Å²) in [6, 6.07) is 3.97. The van der Waals surface area contributed by atoms with Gasteiger partial charge < -0.3 is 10.4 Å². The van der Waals surface area contributed by atoms with Crippen molar-refractivity contribution in [1.82, 2.24) is 0 Å². The number of hydrogen-bond acceptors (Lipinski definition) is 5. The summed E-state index contributed by atoms with van der Waals surface area (Å²) in [6.07, 6.45) is 6.63. The van der Waals surface area contributed by atoms with Gasteiger partial charge in [0.05, 0.1) is 10.5 Å². The van der Waals surface area contributed by atoms with Gasteiger partial charge in [-0.05, 0) is 31.2 Å². The predicted molar refractivity (Wildman–Crippen MR) is 83.3 cm³/mol. The van der Waals surface area contributed by atoms with Crippen LogP contribution in [0.25, 0.3) is 0 Å². The number of nitro benzene ring substituents is 1. The van der Waals surface area contributed by atoms with E-state index in [-0.39, 0.29) is 16.0 Å². The second-order valence-corrected chi connectivity index (χ2v) is 6.52. The topological polar surface area (TPSA) is 92.5 Å². The Morgan fingerprint density at radius 1 is 1.48 bits per heavy atom. The summed E-state index contributed by atoms with van der Waals surface area (Å²) in [5.41, 5.74) is 0.113. The maximum absolute atomic E-state index is 11.1. The second-order valence-electron chi connectivity index (χ2n) is 5.24. The number of aromatic carboxylic acids is 1. The summed E-state index contributed by atoms with van der Waals surface area (Å²) in [7, 11) is 0. The SMILES string of the molecule is CSC1(CNc2ccc(C(=O)O)cc2[N+](=O)[O-])CCCC1. The minimum atomic E-state index is -1.17. The highest BCUT2D eigenvalue weighted by molar-refractivity contribution is 8.00. The van der Waals surface area contributed by atoms with Crippen molar-refractivity contribution < 1.29 is 14.8 Å². The summed E-state index contributed by atoms with van der Waals surface area (Å²) >= 11 is 1.79. The zero-order valence-corrected chi connectivity index (χ0v) is 12.6. The first-order chi connectivity index (χ1) is 9.97. The minimum absolute atomic E-state index is 0.0762. The van der Waals surface area contributed by atoms with Crippen LogP contribution in [-0.2, 0) is 0 Å². The fourth-order valence-electron chi connectivity index (χ4n) is 2.69. The summed E-state index contributed by atoms with van der Waals surface area (Å²) in [4.78, 5) is 21.5. The Hall–Kier alpha value is -1.76. The number of hydrogen-bond donors (Lipinski definition) is 2. The normalized spacial score (nSPS) is 16.6. The molecule has 1 saturated carbocycles. The molecule has 0 radical (unpaired) electrons. The number of nitro groups is 1. The van der Waals surface area contributed by atoms with Crippen molar-refractivity contribution in [3.63, 3.8) is 0 Å². The van der Waals surface area contributed by atoms with Gasteiger partial charge in [-0.2, -0.15) is 11.8 Å². The molecule has 0 aliphatic heterocycles. The zero-order valence-electron chi connectivity index (χ0n) is 11.8. The first-order valence-corrected chi connectivity index (χ1v) is 8.01. The largest absolute Gasteiger partial charge is 0.478 e. The number of carbonyl (C=O) groups is 1. The Balaban J connectivity index is 2.19. The first kappa shape index (κ1) is 15.6. The van der Waals surface area contributed by atoms with E-state index in [9.17, 15) is 14.9 Å². The Morgan fingerprint density at radius 2 is 2.14 bits per heavy atom. The highest BCUT2D eigenvalue weighted by Gasteiger charge is 2.33. The highest BCUT2D eigenvalue weighted by Crippen LogP contribution is 2.40. The van der Waals surface area contributed by atoms with Crippen molar-refractivity contribution in [2.45, 2.75) is 30.4 Å². The molecule has 0 amide bonds. The van der Waals surface area contributed by atoms with Crippen molar-refractivity contribution >= 4 is 29.1 Å². The van der Waals surface area contributed by atoms with E-state index < -0.39 is 10.9 Å². The van der Waals surface area contributed by atoms with Gasteiger partial charge in [-0.25, -0.2) is 4.79 Å². The van der Waals surface area contributed by atoms with E-state index >= 15 is 0 Å². The van der Waals surface area contributed by atoms with E-state index in [1.807, 2.05) is 0 Å². The lowest BCUT2D eigenvalue weighted by molar-refractivity contribution is -0.384. The molecule has 1 fully saturated rings. The van der Waals surface area contributed by atoms with Crippen LogP contribution < -0.4 is 5.32 Å². The van der Waals surface area contributed by atoms with E-state index in [1.165, 1.54) is 25.0 Å². The number of anilines is 1. The van der Waals surface area contributed by atoms with E-state index in [0.717, 1.165) is 18.9 Å². The Morgan fingerprint density at radius 3 is 2.67 bits per heavy atom. The minimum Gasteiger partial charge on any atom is -0.478 e. The van der Waals surface area contributed by atoms with E-state index in [2.05, 4.69) is 11.6 Å². The third-order valence-electron chi connectivity index (χ3n) is 3.99. The average molecular weight is 310 g/mol. The lowest BCUT2D eigenvalue weighted by Gasteiger charge is -2.27. The van der Waals surface area contributed by atoms with Gasteiger partial charge in [-0.15, -0.1) is 0 Å². The molecule has 7 heteroatoms. The zero-order chi connectivity index (χ0) is 15.5. The molecule has 1 aliphatic rings. The van der Waals surface area contributed by atoms with E-state index in [0.29, 0.717) is 12.2 Å². The van der Waals surface area contributed by atoms with Gasteiger partial charge in [0.25, 0.3) is 5.69 Å². The molecule has 0 unspecified atom stereocenters. The van der Waals surface area contributed by atoms with Gasteiger partial charge >= 0.3 is 5.97 Å². The van der Waals surface area contributed by atoms with Gasteiger partial charge in [0, 0.05) is 17.4 Å². The van der Waals surface area contributed by atoms with Gasteiger partial charge in [-0.3, -0.25) is 10.1 Å². The van der Waals surface area contributed by atoms with Crippen LogP contribution >= 0.6 is 11.8 Å². The number of nitrogens with zero attached hydrogens (tertiary/aromatic N) is 1. The van der Waals surface area contributed by atoms with Crippen LogP contribution in [0.2, 0.25) is 0 Å². The maximum atomic E-state index is 11.1. The molecule has 2 rings (SSSR count). The highest BCUT2D eigenvalue weighted by atomic mass is 32.2. The average Bonchev–Trinajstić information content (AvgIpc) is 2.94. The van der Waals surface area contributed by atoms with Crippen LogP contribution in [0.5, 0.6) is 0 Å². The first-order valence-electron chi connectivity index (χ1n) is 6.78. The number of carboxylic acids is 1. The number of nitrogens with one attached hydrogen (secondary N) is 1. The third kappa shape index (κ3) is 3.47. The molecule has 0 atom stereocenters. The lowest BCUT2D eigenvalue weighted by Crippen LogP contribution is -2.30. The predicted octanol–water partition coefficient (Wildman–Crippen LogP) is 3.38. The summed E-state index contributed by atoms with van der Waals surface area (Å²) in [5, 5.41) is 23.2. The number of rotatable bonds is 6. The number of carboxylic acid groups (broad SMARTS) is 1. The maximum Gasteiger partial charge on any atom is 0.335 e. The van der Waals surface area contributed by atoms with Gasteiger partial charge in [0.15, 0.2) is 0 Å². The molecule has 21 heavy (non-hydrogen) atoms. The molecular formula is C14H18N2O4S. The summed E-state index contributed by atoms with van der Waals surface area (Å²) in [5.74, 6) is -1.17. The van der Waals surface area contributed by atoms with Crippen LogP contribution in [0.4, 0.5) is 11.4 Å². The van der Waals surface area contributed by atoms with Crippen LogP contribution in [0.15, 0.2) is 18.2 Å². The fraction of sp³-hybridized carbons (Fsp3) is 0.500. The molecule has 2 N–H and O–H groups in total. The lowest BCUT2D eigenvalue weighted by atomic mass is 10.1. The third-order valence-corrected chi connectivity index (χ3v) is 5.41. The molecule has 6 nitrogen and oxygen atoms in total. The van der Waals surface area contributed by atoms with E-state index in [4.69, 9.17) is 5.11 Å². The quantitative estimate of drug-likeness (QED) is 0.618. The Kier molecular flexibility index (Phi) is 4.72. The Labute approximate surface area is 127 Å². The molecule has 0 aromatic heterocycles. The molecule has 0 saturated heterocycles. The van der Waals surface area contributed by atoms with Crippen LogP contribution in [0, 0.1) is 10.1 Å². The standard InChI is InChI=1S/C14H18N2O4S/c1-21-14(6-2-3-7-14)9-15-11-5-4-10(13(17)18)8-12(11)16(19)20/h4-5,8,15H,2-3,6-7,9H2,1H3,(H,17,18). The van der Waals surface area contributed by atoms with Crippen LogP contribution in [-0.4, -0.2) is 33.5 Å². The summed E-state index contributed by atoms with van der Waals surface area (Å²) in [6.45, 7) is 0.654. The molecule has 114 valence electrons. The Bertz CT molecular complexity index is 556. The van der Waals surface area contributed by atoms with Crippen LogP contribution in [0.3, 0.4) is 0 Å². The van der Waals surface area contributed by atoms with Crippen LogP contribution in [0.1, 0.15) is 36.0 Å². The monoisotopic (exact) mass is 310 g/mol. The smallest absolute Gasteiger partial charge is 0.335 e. The van der Waals surface area contributed by atoms with Gasteiger partial charge in [-0.1, -0.05) is 12.8 Å². The molecular weight excluding hydrogens is 292 g/mol. The second kappa shape index (κ2) is 6.34. The van der Waals surface area contributed by atoms with Crippen molar-refractivity contribution in [2.75, 3.05) is 18.1 Å². The summed E-state index contributed by atoms with van der Waals surface area (Å²) < 4.78 is 0.124. The van der Waals surface area contributed by atoms with Gasteiger partial charge in [0.2, 0.25) is 0 Å². The van der Waals surface area contributed by atoms with Crippen molar-refractivity contribution in [3.05, 3.63) is 33.9 Å². The molecule has 1 aromatic carbocycles. The van der Waals surface area contributed by atoms with Crippen molar-refractivity contribution in [3.8, 4) is 0 Å². The number of benzene rings is 1.